The molecule has 3 aromatic rings. The van der Waals surface area contributed by atoms with Gasteiger partial charge < -0.3 is 4.74 Å². The van der Waals surface area contributed by atoms with Gasteiger partial charge in [0, 0.05) is 0 Å². The van der Waals surface area contributed by atoms with Crippen LogP contribution in [-0.4, -0.2) is 18.4 Å². The zero-order chi connectivity index (χ0) is 23.1. The van der Waals surface area contributed by atoms with Gasteiger partial charge in [0.05, 0.1) is 10.4 Å². The molecule has 0 aromatic heterocycles. The van der Waals surface area contributed by atoms with Crippen molar-refractivity contribution in [1.29, 1.82) is 0 Å². The first-order valence-electron chi connectivity index (χ1n) is 10.4. The fourth-order valence-electron chi connectivity index (χ4n) is 3.25. The van der Waals surface area contributed by atoms with E-state index in [9.17, 15) is 9.59 Å². The van der Waals surface area contributed by atoms with Crippen molar-refractivity contribution in [1.82, 2.24) is 10.9 Å². The number of hydrogen-bond acceptors (Lipinski definition) is 3. The van der Waals surface area contributed by atoms with E-state index < -0.39 is 11.8 Å². The minimum Gasteiger partial charge on any atom is -0.483 e. The van der Waals surface area contributed by atoms with E-state index in [1.54, 1.807) is 0 Å². The molecule has 0 heterocycles. The predicted molar refractivity (Wildman–Crippen MR) is 129 cm³/mol. The fourth-order valence-corrected chi connectivity index (χ4v) is 3.75. The maximum absolute atomic E-state index is 12.9. The molecule has 0 fully saturated rings. The van der Waals surface area contributed by atoms with Crippen LogP contribution in [0.4, 0.5) is 0 Å². The molecule has 5 nitrogen and oxygen atoms in total. The summed E-state index contributed by atoms with van der Waals surface area (Å²) < 4.78 is 6.39. The summed E-state index contributed by atoms with van der Waals surface area (Å²) in [5, 5.41) is 0. The van der Waals surface area contributed by atoms with Crippen LogP contribution in [0.2, 0.25) is 0 Å². The molecule has 2 amide bonds. The van der Waals surface area contributed by atoms with Gasteiger partial charge in [-0.25, -0.2) is 0 Å². The predicted octanol–water partition coefficient (Wildman–Crippen LogP) is 5.10. The molecule has 32 heavy (non-hydrogen) atoms. The molecule has 0 spiro atoms. The van der Waals surface area contributed by atoms with Crippen molar-refractivity contribution in [2.75, 3.05) is 6.61 Å². The van der Waals surface area contributed by atoms with Gasteiger partial charge >= 0.3 is 0 Å². The second-order valence-corrected chi connectivity index (χ2v) is 9.33. The summed E-state index contributed by atoms with van der Waals surface area (Å²) in [6.07, 6.45) is 0. The van der Waals surface area contributed by atoms with Crippen LogP contribution in [-0.2, 0) is 15.0 Å². The van der Waals surface area contributed by atoms with E-state index >= 15 is 0 Å². The molecule has 3 aromatic carbocycles. The fraction of sp³-hybridized carbons (Fsp3) is 0.231. The summed E-state index contributed by atoms with van der Waals surface area (Å²) in [5.74, 6) is -0.764. The normalized spacial score (nSPS) is 11.2. The number of hydrogen-bond donors (Lipinski definition) is 2. The van der Waals surface area contributed by atoms with Crippen LogP contribution < -0.4 is 15.6 Å². The van der Waals surface area contributed by atoms with Gasteiger partial charge in [-0.2, -0.15) is 0 Å². The topological polar surface area (TPSA) is 67.4 Å². The maximum atomic E-state index is 12.9. The van der Waals surface area contributed by atoms with E-state index in [4.69, 9.17) is 4.74 Å². The molecule has 0 atom stereocenters. The minimum atomic E-state index is -0.544. The highest BCUT2D eigenvalue weighted by atomic mass is 79.9. The molecule has 3 rings (SSSR count). The summed E-state index contributed by atoms with van der Waals surface area (Å²) >= 11 is 3.50. The van der Waals surface area contributed by atoms with Gasteiger partial charge in [-0.05, 0) is 50.2 Å². The number of ether oxygens (including phenoxy) is 1. The third kappa shape index (κ3) is 6.20. The van der Waals surface area contributed by atoms with Crippen molar-refractivity contribution < 1.29 is 14.3 Å². The smallest absolute Gasteiger partial charge is 0.276 e. The van der Waals surface area contributed by atoms with Crippen LogP contribution in [0.25, 0.3) is 0 Å². The highest BCUT2D eigenvalue weighted by Gasteiger charge is 2.23. The number of benzene rings is 3. The van der Waals surface area contributed by atoms with Gasteiger partial charge in [0.2, 0.25) is 5.91 Å². The summed E-state index contributed by atoms with van der Waals surface area (Å²) in [5.41, 5.74) is 7.82. The van der Waals surface area contributed by atoms with Crippen molar-refractivity contribution in [2.24, 2.45) is 0 Å². The van der Waals surface area contributed by atoms with E-state index in [-0.39, 0.29) is 17.9 Å². The van der Waals surface area contributed by atoms with Crippen molar-refractivity contribution in [2.45, 2.75) is 32.1 Å². The van der Waals surface area contributed by atoms with Gasteiger partial charge in [-0.3, -0.25) is 20.4 Å². The Morgan fingerprint density at radius 3 is 1.94 bits per heavy atom. The van der Waals surface area contributed by atoms with E-state index in [1.807, 2.05) is 78.9 Å². The summed E-state index contributed by atoms with van der Waals surface area (Å²) in [7, 11) is 0. The second-order valence-electron chi connectivity index (χ2n) is 8.48. The molecule has 6 heteroatoms. The number of amides is 2. The zero-order valence-electron chi connectivity index (χ0n) is 18.4. The minimum absolute atomic E-state index is 0.0107. The number of halogens is 1. The molecule has 0 radical (unpaired) electrons. The Morgan fingerprint density at radius 2 is 1.44 bits per heavy atom. The quantitative estimate of drug-likeness (QED) is 0.468. The highest BCUT2D eigenvalue weighted by Crippen LogP contribution is 2.31. The Bertz CT molecular complexity index is 1020. The lowest BCUT2D eigenvalue weighted by molar-refractivity contribution is -0.130. The summed E-state index contributed by atoms with van der Waals surface area (Å²) in [6.45, 7) is 6.16. The van der Waals surface area contributed by atoms with Crippen LogP contribution in [0.3, 0.4) is 0 Å². The van der Waals surface area contributed by atoms with Gasteiger partial charge in [0.25, 0.3) is 5.91 Å². The molecule has 0 aliphatic heterocycles. The van der Waals surface area contributed by atoms with Crippen molar-refractivity contribution in [3.63, 3.8) is 0 Å². The lowest BCUT2D eigenvalue weighted by Gasteiger charge is -2.20. The third-order valence-electron chi connectivity index (χ3n) is 5.01. The van der Waals surface area contributed by atoms with Crippen LogP contribution in [0.15, 0.2) is 83.3 Å². The van der Waals surface area contributed by atoms with Crippen molar-refractivity contribution >= 4 is 27.7 Å². The number of carbonyl (C=O) groups excluding carboxylic acids is 2. The van der Waals surface area contributed by atoms with Crippen LogP contribution in [0, 0.1) is 0 Å². The van der Waals surface area contributed by atoms with Crippen LogP contribution in [0.1, 0.15) is 43.4 Å². The third-order valence-corrected chi connectivity index (χ3v) is 5.63. The first-order chi connectivity index (χ1) is 15.3. The van der Waals surface area contributed by atoms with Gasteiger partial charge in [-0.15, -0.1) is 0 Å². The zero-order valence-corrected chi connectivity index (χ0v) is 20.0. The lowest BCUT2D eigenvalue weighted by Crippen LogP contribution is -2.46. The molecular weight excluding hydrogens is 468 g/mol. The maximum Gasteiger partial charge on any atom is 0.276 e. The molecular formula is C26H27BrN2O3. The monoisotopic (exact) mass is 494 g/mol. The molecule has 166 valence electrons. The Labute approximate surface area is 197 Å². The van der Waals surface area contributed by atoms with Crippen molar-refractivity contribution in [3.8, 4) is 5.75 Å². The van der Waals surface area contributed by atoms with Gasteiger partial charge in [0.15, 0.2) is 6.61 Å². The molecule has 2 N–H and O–H groups in total. The molecule has 0 unspecified atom stereocenters. The van der Waals surface area contributed by atoms with E-state index in [2.05, 4.69) is 47.6 Å². The summed E-state index contributed by atoms with van der Waals surface area (Å²) in [6, 6.07) is 24.7. The van der Waals surface area contributed by atoms with Gasteiger partial charge in [0.1, 0.15) is 5.75 Å². The molecule has 0 saturated carbocycles. The highest BCUT2D eigenvalue weighted by molar-refractivity contribution is 9.10. The van der Waals surface area contributed by atoms with Crippen LogP contribution >= 0.6 is 15.9 Å². The average molecular weight is 495 g/mol. The number of carbonyl (C=O) groups is 2. The molecule has 0 saturated heterocycles. The standard InChI is InChI=1S/C26H27BrN2O3/c1-26(2,3)20-14-15-22(21(27)16-20)32-17-23(30)28-29-25(31)24(18-10-6-4-7-11-18)19-12-8-5-9-13-19/h4-16,24H,17H2,1-3H3,(H,28,30)(H,29,31). The molecule has 0 aliphatic rings. The first kappa shape index (κ1) is 23.5. The Morgan fingerprint density at radius 1 is 0.875 bits per heavy atom. The largest absolute Gasteiger partial charge is 0.483 e. The van der Waals surface area contributed by atoms with Crippen LogP contribution in [0.5, 0.6) is 5.75 Å². The average Bonchev–Trinajstić information content (AvgIpc) is 2.78. The van der Waals surface area contributed by atoms with E-state index in [0.29, 0.717) is 5.75 Å². The Balaban J connectivity index is 1.60. The lowest BCUT2D eigenvalue weighted by atomic mass is 9.87. The number of rotatable bonds is 6. The second kappa shape index (κ2) is 10.5. The van der Waals surface area contributed by atoms with E-state index in [1.165, 1.54) is 0 Å². The van der Waals surface area contributed by atoms with Gasteiger partial charge in [-0.1, -0.05) is 87.5 Å². The Kier molecular flexibility index (Phi) is 7.70. The number of nitrogens with one attached hydrogen (secondary N) is 2. The van der Waals surface area contributed by atoms with Crippen molar-refractivity contribution in [3.05, 3.63) is 100 Å². The summed E-state index contributed by atoms with van der Waals surface area (Å²) in [4.78, 5) is 25.2. The SMILES string of the molecule is CC(C)(C)c1ccc(OCC(=O)NNC(=O)C(c2ccccc2)c2ccccc2)c(Br)c1. The van der Waals surface area contributed by atoms with E-state index in [0.717, 1.165) is 21.2 Å². The molecule has 0 bridgehead atoms. The first-order valence-corrected chi connectivity index (χ1v) is 11.2. The molecule has 0 aliphatic carbocycles. The Hall–Kier alpha value is -3.12. The number of hydrazine groups is 1.